The van der Waals surface area contributed by atoms with E-state index in [-0.39, 0.29) is 0 Å². The molecule has 0 radical (unpaired) electrons. The number of rotatable bonds is 1. The number of nitrogen functional groups attached to an aromatic ring is 1. The quantitative estimate of drug-likeness (QED) is 0.737. The Labute approximate surface area is 82.4 Å². The van der Waals surface area contributed by atoms with Crippen molar-refractivity contribution in [3.63, 3.8) is 0 Å². The zero-order valence-corrected chi connectivity index (χ0v) is 8.23. The third-order valence-corrected chi connectivity index (χ3v) is 2.17. The van der Waals surface area contributed by atoms with Gasteiger partial charge in [0.1, 0.15) is 5.82 Å². The zero-order valence-electron chi connectivity index (χ0n) is 8.23. The van der Waals surface area contributed by atoms with Crippen LogP contribution in [-0.4, -0.2) is 14.8 Å². The molecule has 72 valence electrons. The second kappa shape index (κ2) is 3.14. The fourth-order valence-corrected chi connectivity index (χ4v) is 1.32. The second-order valence-electron chi connectivity index (χ2n) is 3.30. The van der Waals surface area contributed by atoms with Crippen LogP contribution < -0.4 is 5.73 Å². The molecule has 0 spiro atoms. The fourth-order valence-electron chi connectivity index (χ4n) is 1.32. The first-order valence-electron chi connectivity index (χ1n) is 4.41. The van der Waals surface area contributed by atoms with E-state index < -0.39 is 0 Å². The van der Waals surface area contributed by atoms with Crippen LogP contribution in [0.3, 0.4) is 0 Å². The predicted molar refractivity (Wildman–Crippen MR) is 55.2 cm³/mol. The van der Waals surface area contributed by atoms with Gasteiger partial charge in [0, 0.05) is 24.2 Å². The van der Waals surface area contributed by atoms with Gasteiger partial charge in [0.25, 0.3) is 0 Å². The maximum atomic E-state index is 5.68. The van der Waals surface area contributed by atoms with Crippen molar-refractivity contribution in [3.8, 4) is 5.69 Å². The van der Waals surface area contributed by atoms with Crippen LogP contribution >= 0.6 is 0 Å². The Kier molecular flexibility index (Phi) is 1.96. The first kappa shape index (κ1) is 8.74. The lowest BCUT2D eigenvalue weighted by Gasteiger charge is -2.03. The summed E-state index contributed by atoms with van der Waals surface area (Å²) in [7, 11) is 0. The largest absolute Gasteiger partial charge is 0.382 e. The number of aryl methyl sites for hydroxylation is 2. The summed E-state index contributed by atoms with van der Waals surface area (Å²) in [6.45, 7) is 3.94. The molecular formula is C10H12N4. The van der Waals surface area contributed by atoms with E-state index in [1.165, 1.54) is 0 Å². The lowest BCUT2D eigenvalue weighted by molar-refractivity contribution is 0.873. The molecule has 0 aliphatic carbocycles. The Bertz CT molecular complexity index is 439. The summed E-state index contributed by atoms with van der Waals surface area (Å²) in [6, 6.07) is 1.92. The summed E-state index contributed by atoms with van der Waals surface area (Å²) in [5.41, 5.74) is 8.76. The van der Waals surface area contributed by atoms with Crippen LogP contribution in [0.5, 0.6) is 0 Å². The second-order valence-corrected chi connectivity index (χ2v) is 3.30. The molecule has 0 saturated carbocycles. The molecule has 0 fully saturated rings. The van der Waals surface area contributed by atoms with Crippen molar-refractivity contribution in [2.45, 2.75) is 13.8 Å². The Balaban J connectivity index is 2.55. The molecule has 0 bridgehead atoms. The molecule has 0 aromatic carbocycles. The maximum absolute atomic E-state index is 5.68. The summed E-state index contributed by atoms with van der Waals surface area (Å²) in [5.74, 6) is 0.571. The molecule has 2 aromatic rings. The van der Waals surface area contributed by atoms with Crippen molar-refractivity contribution in [1.82, 2.24) is 14.8 Å². The van der Waals surface area contributed by atoms with Crippen LogP contribution in [0, 0.1) is 13.8 Å². The van der Waals surface area contributed by atoms with E-state index in [1.807, 2.05) is 32.3 Å². The average Bonchev–Trinajstić information content (AvgIpc) is 2.48. The Morgan fingerprint density at radius 3 is 2.64 bits per heavy atom. The van der Waals surface area contributed by atoms with Gasteiger partial charge in [-0.25, -0.2) is 4.68 Å². The molecule has 0 amide bonds. The monoisotopic (exact) mass is 188 g/mol. The van der Waals surface area contributed by atoms with Gasteiger partial charge in [-0.05, 0) is 25.5 Å². The summed E-state index contributed by atoms with van der Waals surface area (Å²) < 4.78 is 1.78. The minimum Gasteiger partial charge on any atom is -0.382 e. The lowest BCUT2D eigenvalue weighted by Crippen LogP contribution is -1.98. The van der Waals surface area contributed by atoms with Gasteiger partial charge >= 0.3 is 0 Å². The number of nitrogens with two attached hydrogens (primary N) is 1. The molecule has 2 rings (SSSR count). The number of hydrogen-bond acceptors (Lipinski definition) is 3. The lowest BCUT2D eigenvalue weighted by atomic mass is 10.2. The molecule has 0 aliphatic rings. The third kappa shape index (κ3) is 1.35. The normalized spacial score (nSPS) is 10.4. The number of nitrogens with zero attached hydrogens (tertiary/aromatic N) is 3. The molecule has 0 aliphatic heterocycles. The molecule has 2 heterocycles. The number of hydrogen-bond donors (Lipinski definition) is 1. The minimum atomic E-state index is 0.571. The summed E-state index contributed by atoms with van der Waals surface area (Å²) in [4.78, 5) is 4.03. The van der Waals surface area contributed by atoms with Crippen LogP contribution in [0.4, 0.5) is 5.82 Å². The molecule has 0 atom stereocenters. The van der Waals surface area contributed by atoms with E-state index in [0.717, 1.165) is 16.8 Å². The van der Waals surface area contributed by atoms with Crippen LogP contribution in [0.25, 0.3) is 5.69 Å². The molecule has 0 saturated heterocycles. The van der Waals surface area contributed by atoms with Gasteiger partial charge in [0.2, 0.25) is 0 Å². The van der Waals surface area contributed by atoms with E-state index in [9.17, 15) is 0 Å². The predicted octanol–water partition coefficient (Wildman–Crippen LogP) is 1.47. The first-order chi connectivity index (χ1) is 6.68. The van der Waals surface area contributed by atoms with Gasteiger partial charge in [0.15, 0.2) is 0 Å². The van der Waals surface area contributed by atoms with Crippen LogP contribution in [-0.2, 0) is 0 Å². The first-order valence-corrected chi connectivity index (χ1v) is 4.41. The molecule has 2 N–H and O–H groups in total. The van der Waals surface area contributed by atoms with Gasteiger partial charge in [-0.2, -0.15) is 5.10 Å². The van der Waals surface area contributed by atoms with Crippen molar-refractivity contribution in [1.29, 1.82) is 0 Å². The molecular weight excluding hydrogens is 176 g/mol. The number of aromatic nitrogens is 3. The van der Waals surface area contributed by atoms with Gasteiger partial charge < -0.3 is 5.73 Å². The molecule has 2 aromatic heterocycles. The van der Waals surface area contributed by atoms with Crippen LogP contribution in [0.1, 0.15) is 11.1 Å². The molecule has 0 unspecified atom stereocenters. The Hall–Kier alpha value is -1.84. The zero-order chi connectivity index (χ0) is 10.1. The highest BCUT2D eigenvalue weighted by molar-refractivity contribution is 5.43. The summed E-state index contributed by atoms with van der Waals surface area (Å²) >= 11 is 0. The third-order valence-electron chi connectivity index (χ3n) is 2.17. The van der Waals surface area contributed by atoms with E-state index in [1.54, 1.807) is 10.9 Å². The van der Waals surface area contributed by atoms with Crippen LogP contribution in [0.2, 0.25) is 0 Å². The highest BCUT2D eigenvalue weighted by Crippen LogP contribution is 2.14. The standard InChI is InChI=1S/C10H12N4/c1-7-5-12-4-3-9(7)14-6-8(2)10(11)13-14/h3-6H,1-2H3,(H2,11,13). The Morgan fingerprint density at radius 2 is 2.07 bits per heavy atom. The SMILES string of the molecule is Cc1cnccc1-n1cc(C)c(N)n1. The highest BCUT2D eigenvalue weighted by atomic mass is 15.3. The molecule has 4 heteroatoms. The average molecular weight is 188 g/mol. The summed E-state index contributed by atoms with van der Waals surface area (Å²) in [5, 5.41) is 4.21. The highest BCUT2D eigenvalue weighted by Gasteiger charge is 2.04. The smallest absolute Gasteiger partial charge is 0.148 e. The van der Waals surface area contributed by atoms with E-state index in [4.69, 9.17) is 5.73 Å². The minimum absolute atomic E-state index is 0.571. The summed E-state index contributed by atoms with van der Waals surface area (Å²) in [6.07, 6.45) is 5.47. The Morgan fingerprint density at radius 1 is 1.29 bits per heavy atom. The number of anilines is 1. The number of pyridine rings is 1. The van der Waals surface area contributed by atoms with Crippen LogP contribution in [0.15, 0.2) is 24.7 Å². The maximum Gasteiger partial charge on any atom is 0.148 e. The van der Waals surface area contributed by atoms with Gasteiger partial charge in [0.05, 0.1) is 5.69 Å². The topological polar surface area (TPSA) is 56.7 Å². The van der Waals surface area contributed by atoms with Crippen molar-refractivity contribution in [3.05, 3.63) is 35.8 Å². The fraction of sp³-hybridized carbons (Fsp3) is 0.200. The van der Waals surface area contributed by atoms with Crippen molar-refractivity contribution < 1.29 is 0 Å². The molecule has 14 heavy (non-hydrogen) atoms. The van der Waals surface area contributed by atoms with E-state index >= 15 is 0 Å². The van der Waals surface area contributed by atoms with Crippen molar-refractivity contribution >= 4 is 5.82 Å². The van der Waals surface area contributed by atoms with Gasteiger partial charge in [-0.1, -0.05) is 0 Å². The van der Waals surface area contributed by atoms with Crippen molar-refractivity contribution in [2.24, 2.45) is 0 Å². The van der Waals surface area contributed by atoms with Gasteiger partial charge in [-0.3, -0.25) is 4.98 Å². The van der Waals surface area contributed by atoms with Gasteiger partial charge in [-0.15, -0.1) is 0 Å². The van der Waals surface area contributed by atoms with E-state index in [2.05, 4.69) is 10.1 Å². The molecule has 4 nitrogen and oxygen atoms in total. The van der Waals surface area contributed by atoms with E-state index in [0.29, 0.717) is 5.82 Å². The van der Waals surface area contributed by atoms with Crippen molar-refractivity contribution in [2.75, 3.05) is 5.73 Å².